The molecule has 0 aliphatic carbocycles. The molecule has 116 valence electrons. The Morgan fingerprint density at radius 2 is 2.05 bits per heavy atom. The van der Waals surface area contributed by atoms with Crippen molar-refractivity contribution < 1.29 is 14.3 Å². The molecular formula is C16H19N3O3. The number of nitrogens with zero attached hydrogens (tertiary/aromatic N) is 2. The second kappa shape index (κ2) is 7.40. The van der Waals surface area contributed by atoms with Crippen LogP contribution in [0.5, 0.6) is 0 Å². The number of esters is 1. The standard InChI is InChI=1S/C16H19N3O3/c1-3-12(2)18-15(20)11-22-16(21)13-5-7-14(8-6-13)19-10-4-9-17-19/h4-10,12H,3,11H2,1-2H3,(H,18,20). The summed E-state index contributed by atoms with van der Waals surface area (Å²) < 4.78 is 6.68. The van der Waals surface area contributed by atoms with E-state index in [-0.39, 0.29) is 18.6 Å². The van der Waals surface area contributed by atoms with E-state index in [0.717, 1.165) is 12.1 Å². The molecule has 0 aliphatic rings. The van der Waals surface area contributed by atoms with Crippen LogP contribution in [0.1, 0.15) is 30.6 Å². The fraction of sp³-hybridized carbons (Fsp3) is 0.312. The van der Waals surface area contributed by atoms with Gasteiger partial charge in [-0.2, -0.15) is 5.10 Å². The monoisotopic (exact) mass is 301 g/mol. The molecule has 0 spiro atoms. The van der Waals surface area contributed by atoms with E-state index in [9.17, 15) is 9.59 Å². The van der Waals surface area contributed by atoms with Gasteiger partial charge >= 0.3 is 5.97 Å². The summed E-state index contributed by atoms with van der Waals surface area (Å²) in [5.41, 5.74) is 1.24. The van der Waals surface area contributed by atoms with Crippen LogP contribution in [0.15, 0.2) is 42.7 Å². The molecule has 2 aromatic rings. The molecule has 1 unspecified atom stereocenters. The summed E-state index contributed by atoms with van der Waals surface area (Å²) in [7, 11) is 0. The highest BCUT2D eigenvalue weighted by Crippen LogP contribution is 2.09. The van der Waals surface area contributed by atoms with E-state index >= 15 is 0 Å². The molecule has 0 fully saturated rings. The molecule has 0 aliphatic heterocycles. The molecule has 1 aromatic carbocycles. The van der Waals surface area contributed by atoms with Gasteiger partial charge in [0.15, 0.2) is 6.61 Å². The summed E-state index contributed by atoms with van der Waals surface area (Å²) in [4.78, 5) is 23.4. The van der Waals surface area contributed by atoms with E-state index in [1.165, 1.54) is 0 Å². The molecule has 0 radical (unpaired) electrons. The van der Waals surface area contributed by atoms with Crippen LogP contribution < -0.4 is 5.32 Å². The first-order valence-electron chi connectivity index (χ1n) is 7.16. The maximum atomic E-state index is 11.9. The first-order chi connectivity index (χ1) is 10.6. The minimum atomic E-state index is -0.522. The van der Waals surface area contributed by atoms with Crippen LogP contribution in [0.25, 0.3) is 5.69 Å². The molecular weight excluding hydrogens is 282 g/mol. The fourth-order valence-electron chi connectivity index (χ4n) is 1.80. The second-order valence-electron chi connectivity index (χ2n) is 4.95. The summed E-state index contributed by atoms with van der Waals surface area (Å²) in [6.45, 7) is 3.59. The van der Waals surface area contributed by atoms with E-state index in [4.69, 9.17) is 4.74 Å². The Bertz CT molecular complexity index is 621. The molecule has 0 saturated heterocycles. The number of hydrogen-bond donors (Lipinski definition) is 1. The Kier molecular flexibility index (Phi) is 5.30. The van der Waals surface area contributed by atoms with Gasteiger partial charge in [-0.05, 0) is 43.7 Å². The summed E-state index contributed by atoms with van der Waals surface area (Å²) in [5, 5.41) is 6.84. The predicted octanol–water partition coefficient (Wildman–Crippen LogP) is 1.94. The zero-order chi connectivity index (χ0) is 15.9. The molecule has 1 amide bonds. The van der Waals surface area contributed by atoms with Gasteiger partial charge in [0.1, 0.15) is 0 Å². The number of amides is 1. The SMILES string of the molecule is CCC(C)NC(=O)COC(=O)c1ccc(-n2cccn2)cc1. The number of rotatable bonds is 6. The summed E-state index contributed by atoms with van der Waals surface area (Å²) in [6, 6.07) is 8.71. The number of nitrogens with one attached hydrogen (secondary N) is 1. The molecule has 6 nitrogen and oxygen atoms in total. The van der Waals surface area contributed by atoms with Crippen LogP contribution in [0.2, 0.25) is 0 Å². The van der Waals surface area contributed by atoms with Crippen molar-refractivity contribution in [1.82, 2.24) is 15.1 Å². The van der Waals surface area contributed by atoms with Crippen molar-refractivity contribution in [3.63, 3.8) is 0 Å². The highest BCUT2D eigenvalue weighted by atomic mass is 16.5. The summed E-state index contributed by atoms with van der Waals surface area (Å²) in [5.74, 6) is -0.817. The van der Waals surface area contributed by atoms with Crippen molar-refractivity contribution in [3.8, 4) is 5.69 Å². The quantitative estimate of drug-likeness (QED) is 0.828. The normalized spacial score (nSPS) is 11.7. The van der Waals surface area contributed by atoms with Gasteiger partial charge in [-0.25, -0.2) is 9.48 Å². The molecule has 6 heteroatoms. The maximum absolute atomic E-state index is 11.9. The Morgan fingerprint density at radius 3 is 2.64 bits per heavy atom. The van der Waals surface area contributed by atoms with E-state index in [1.807, 2.05) is 26.1 Å². The average Bonchev–Trinajstić information content (AvgIpc) is 3.07. The van der Waals surface area contributed by atoms with Gasteiger partial charge in [0.2, 0.25) is 0 Å². The Labute approximate surface area is 129 Å². The van der Waals surface area contributed by atoms with Crippen LogP contribution in [0, 0.1) is 0 Å². The van der Waals surface area contributed by atoms with Crippen molar-refractivity contribution in [2.75, 3.05) is 6.61 Å². The van der Waals surface area contributed by atoms with Crippen molar-refractivity contribution in [3.05, 3.63) is 48.3 Å². The lowest BCUT2D eigenvalue weighted by Gasteiger charge is -2.11. The Balaban J connectivity index is 1.89. The first-order valence-corrected chi connectivity index (χ1v) is 7.16. The lowest BCUT2D eigenvalue weighted by Crippen LogP contribution is -2.35. The van der Waals surface area contributed by atoms with Gasteiger partial charge in [0.25, 0.3) is 5.91 Å². The number of benzene rings is 1. The molecule has 1 aromatic heterocycles. The van der Waals surface area contributed by atoms with Gasteiger partial charge in [0.05, 0.1) is 11.3 Å². The molecule has 22 heavy (non-hydrogen) atoms. The lowest BCUT2D eigenvalue weighted by molar-refractivity contribution is -0.124. The van der Waals surface area contributed by atoms with E-state index < -0.39 is 5.97 Å². The first kappa shape index (κ1) is 15.8. The van der Waals surface area contributed by atoms with Crippen LogP contribution >= 0.6 is 0 Å². The Hall–Kier alpha value is -2.63. The molecule has 1 atom stereocenters. The topological polar surface area (TPSA) is 73.2 Å². The van der Waals surface area contributed by atoms with E-state index in [0.29, 0.717) is 5.56 Å². The van der Waals surface area contributed by atoms with Gasteiger partial charge < -0.3 is 10.1 Å². The van der Waals surface area contributed by atoms with E-state index in [1.54, 1.807) is 35.1 Å². The number of aromatic nitrogens is 2. The van der Waals surface area contributed by atoms with Gasteiger partial charge in [-0.3, -0.25) is 4.79 Å². The van der Waals surface area contributed by atoms with Crippen LogP contribution in [0.4, 0.5) is 0 Å². The number of hydrogen-bond acceptors (Lipinski definition) is 4. The average molecular weight is 301 g/mol. The third kappa shape index (κ3) is 4.18. The van der Waals surface area contributed by atoms with Crippen LogP contribution in [0.3, 0.4) is 0 Å². The van der Waals surface area contributed by atoms with Gasteiger partial charge in [0, 0.05) is 18.4 Å². The number of ether oxygens (including phenoxy) is 1. The lowest BCUT2D eigenvalue weighted by atomic mass is 10.2. The minimum absolute atomic E-state index is 0.0690. The summed E-state index contributed by atoms with van der Waals surface area (Å²) >= 11 is 0. The smallest absolute Gasteiger partial charge is 0.338 e. The van der Waals surface area contributed by atoms with Crippen molar-refractivity contribution in [2.24, 2.45) is 0 Å². The maximum Gasteiger partial charge on any atom is 0.338 e. The molecule has 0 saturated carbocycles. The van der Waals surface area contributed by atoms with Gasteiger partial charge in [-0.1, -0.05) is 6.92 Å². The van der Waals surface area contributed by atoms with Crippen molar-refractivity contribution in [1.29, 1.82) is 0 Å². The minimum Gasteiger partial charge on any atom is -0.452 e. The number of carbonyl (C=O) groups is 2. The fourth-order valence-corrected chi connectivity index (χ4v) is 1.80. The van der Waals surface area contributed by atoms with Crippen molar-refractivity contribution in [2.45, 2.75) is 26.3 Å². The highest BCUT2D eigenvalue weighted by Gasteiger charge is 2.11. The van der Waals surface area contributed by atoms with Crippen LogP contribution in [-0.4, -0.2) is 34.3 Å². The Morgan fingerprint density at radius 1 is 1.32 bits per heavy atom. The van der Waals surface area contributed by atoms with Gasteiger partial charge in [-0.15, -0.1) is 0 Å². The second-order valence-corrected chi connectivity index (χ2v) is 4.95. The highest BCUT2D eigenvalue weighted by molar-refractivity contribution is 5.91. The molecule has 1 heterocycles. The molecule has 2 rings (SSSR count). The molecule has 1 N–H and O–H groups in total. The van der Waals surface area contributed by atoms with Crippen molar-refractivity contribution >= 4 is 11.9 Å². The third-order valence-corrected chi connectivity index (χ3v) is 3.23. The van der Waals surface area contributed by atoms with E-state index in [2.05, 4.69) is 10.4 Å². The largest absolute Gasteiger partial charge is 0.452 e. The predicted molar refractivity (Wildman–Crippen MR) is 81.7 cm³/mol. The molecule has 0 bridgehead atoms. The third-order valence-electron chi connectivity index (χ3n) is 3.23. The summed E-state index contributed by atoms with van der Waals surface area (Å²) in [6.07, 6.45) is 4.32. The zero-order valence-electron chi connectivity index (χ0n) is 12.7. The van der Waals surface area contributed by atoms with Crippen LogP contribution in [-0.2, 0) is 9.53 Å². The zero-order valence-corrected chi connectivity index (χ0v) is 12.7. The number of carbonyl (C=O) groups excluding carboxylic acids is 2.